The lowest BCUT2D eigenvalue weighted by Crippen LogP contribution is -2.00. The Morgan fingerprint density at radius 1 is 0.781 bits per heavy atom. The van der Waals surface area contributed by atoms with Crippen molar-refractivity contribution >= 4 is 17.9 Å². The van der Waals surface area contributed by atoms with Gasteiger partial charge in [-0.3, -0.25) is 9.59 Å². The van der Waals surface area contributed by atoms with Crippen molar-refractivity contribution in [3.63, 3.8) is 0 Å². The molecule has 32 heavy (non-hydrogen) atoms. The van der Waals surface area contributed by atoms with Crippen LogP contribution in [0, 0.1) is 0 Å². The van der Waals surface area contributed by atoms with E-state index in [2.05, 4.69) is 13.0 Å². The van der Waals surface area contributed by atoms with Crippen molar-refractivity contribution in [2.45, 2.75) is 90.4 Å². The molecular weight excluding hydrogens is 412 g/mol. The summed E-state index contributed by atoms with van der Waals surface area (Å²) in [6.45, 7) is 2.25. The molecule has 1 rings (SSSR count). The standard InChI is InChI=1S/C21H32O3.C4H6O4/c1-2-3-4-5-6-7-8-9-10-11-12-13-14-18-17-19(21(23)24)15-16-20(18)22;5-3(6)1-2-4(7)8/h12-13,15-17,22H,2-11,14H2,1H3,(H,23,24);1-2H2,(H,5,6)(H,7,8). The molecule has 0 fully saturated rings. The number of aliphatic carboxylic acids is 2. The first-order chi connectivity index (χ1) is 15.3. The lowest BCUT2D eigenvalue weighted by Gasteiger charge is -2.03. The summed E-state index contributed by atoms with van der Waals surface area (Å²) in [6.07, 6.45) is 17.1. The van der Waals surface area contributed by atoms with Crippen molar-refractivity contribution in [1.29, 1.82) is 0 Å². The van der Waals surface area contributed by atoms with Gasteiger partial charge in [0.2, 0.25) is 0 Å². The zero-order chi connectivity index (χ0) is 24.2. The molecule has 7 heteroatoms. The van der Waals surface area contributed by atoms with Gasteiger partial charge in [0.1, 0.15) is 5.75 Å². The number of carboxylic acid groups (broad SMARTS) is 3. The van der Waals surface area contributed by atoms with Crippen LogP contribution in [0.3, 0.4) is 0 Å². The van der Waals surface area contributed by atoms with Crippen LogP contribution in [0.15, 0.2) is 30.4 Å². The summed E-state index contributed by atoms with van der Waals surface area (Å²) in [6, 6.07) is 4.42. The molecule has 0 heterocycles. The fourth-order valence-electron chi connectivity index (χ4n) is 3.00. The van der Waals surface area contributed by atoms with Crippen LogP contribution in [-0.2, 0) is 16.0 Å². The molecule has 0 aliphatic rings. The van der Waals surface area contributed by atoms with E-state index in [1.165, 1.54) is 69.9 Å². The Labute approximate surface area is 190 Å². The minimum Gasteiger partial charge on any atom is -0.508 e. The van der Waals surface area contributed by atoms with Gasteiger partial charge < -0.3 is 20.4 Å². The first kappa shape index (κ1) is 29.2. The van der Waals surface area contributed by atoms with Crippen LogP contribution in [0.4, 0.5) is 0 Å². The molecule has 0 atom stereocenters. The molecule has 0 aliphatic carbocycles. The first-order valence-corrected chi connectivity index (χ1v) is 11.4. The van der Waals surface area contributed by atoms with E-state index < -0.39 is 17.9 Å². The normalized spacial score (nSPS) is 10.5. The smallest absolute Gasteiger partial charge is 0.335 e. The minimum atomic E-state index is -1.08. The van der Waals surface area contributed by atoms with Gasteiger partial charge in [-0.05, 0) is 43.0 Å². The van der Waals surface area contributed by atoms with E-state index in [-0.39, 0.29) is 24.2 Å². The Kier molecular flexibility index (Phi) is 17.2. The summed E-state index contributed by atoms with van der Waals surface area (Å²) in [4.78, 5) is 30.2. The lowest BCUT2D eigenvalue weighted by atomic mass is 10.0. The van der Waals surface area contributed by atoms with Crippen LogP contribution in [0.2, 0.25) is 0 Å². The number of unbranched alkanes of at least 4 members (excludes halogenated alkanes) is 9. The van der Waals surface area contributed by atoms with Crippen molar-refractivity contribution in [3.05, 3.63) is 41.5 Å². The van der Waals surface area contributed by atoms with E-state index in [1.54, 1.807) is 6.07 Å². The Morgan fingerprint density at radius 2 is 1.31 bits per heavy atom. The van der Waals surface area contributed by atoms with Crippen LogP contribution in [0.25, 0.3) is 0 Å². The largest absolute Gasteiger partial charge is 0.508 e. The average molecular weight is 451 g/mol. The number of rotatable bonds is 16. The number of aromatic hydroxyl groups is 1. The predicted octanol–water partition coefficient (Wildman–Crippen LogP) is 6.05. The predicted molar refractivity (Wildman–Crippen MR) is 124 cm³/mol. The molecule has 0 radical (unpaired) electrons. The number of carboxylic acids is 3. The van der Waals surface area contributed by atoms with E-state index in [0.29, 0.717) is 12.0 Å². The van der Waals surface area contributed by atoms with Crippen LogP contribution >= 0.6 is 0 Å². The van der Waals surface area contributed by atoms with E-state index >= 15 is 0 Å². The number of phenols is 1. The van der Waals surface area contributed by atoms with Crippen molar-refractivity contribution in [3.8, 4) is 5.75 Å². The molecule has 0 aromatic heterocycles. The van der Waals surface area contributed by atoms with Gasteiger partial charge in [0, 0.05) is 0 Å². The minimum absolute atomic E-state index is 0.160. The number of phenolic OH excluding ortho intramolecular Hbond substituents is 1. The Balaban J connectivity index is 0.00000102. The Bertz CT molecular complexity index is 696. The maximum atomic E-state index is 10.9. The van der Waals surface area contributed by atoms with Gasteiger partial charge in [-0.1, -0.05) is 70.4 Å². The summed E-state index contributed by atoms with van der Waals surface area (Å²) < 4.78 is 0. The topological polar surface area (TPSA) is 132 Å². The van der Waals surface area contributed by atoms with Crippen molar-refractivity contribution in [1.82, 2.24) is 0 Å². The van der Waals surface area contributed by atoms with Gasteiger partial charge in [0.05, 0.1) is 18.4 Å². The van der Waals surface area contributed by atoms with E-state index in [1.807, 2.05) is 6.08 Å². The highest BCUT2D eigenvalue weighted by atomic mass is 16.4. The zero-order valence-corrected chi connectivity index (χ0v) is 19.1. The molecule has 1 aromatic carbocycles. The fourth-order valence-corrected chi connectivity index (χ4v) is 3.00. The highest BCUT2D eigenvalue weighted by molar-refractivity contribution is 5.88. The van der Waals surface area contributed by atoms with E-state index in [9.17, 15) is 19.5 Å². The molecule has 1 aromatic rings. The molecule has 0 aliphatic heterocycles. The molecule has 0 saturated heterocycles. The third kappa shape index (κ3) is 16.9. The Morgan fingerprint density at radius 3 is 1.81 bits per heavy atom. The molecule has 0 spiro atoms. The quantitative estimate of drug-likeness (QED) is 0.178. The highest BCUT2D eigenvalue weighted by Crippen LogP contribution is 2.19. The van der Waals surface area contributed by atoms with E-state index in [4.69, 9.17) is 15.3 Å². The third-order valence-corrected chi connectivity index (χ3v) is 4.86. The average Bonchev–Trinajstić information content (AvgIpc) is 2.74. The molecule has 0 amide bonds. The molecule has 0 bridgehead atoms. The molecule has 7 nitrogen and oxygen atoms in total. The molecule has 180 valence electrons. The molecule has 4 N–H and O–H groups in total. The van der Waals surface area contributed by atoms with Gasteiger partial charge in [0.25, 0.3) is 0 Å². The maximum absolute atomic E-state index is 10.9. The summed E-state index contributed by atoms with van der Waals surface area (Å²) >= 11 is 0. The zero-order valence-electron chi connectivity index (χ0n) is 19.1. The van der Waals surface area contributed by atoms with Gasteiger partial charge in [-0.2, -0.15) is 0 Å². The van der Waals surface area contributed by atoms with E-state index in [0.717, 1.165) is 6.42 Å². The molecule has 0 saturated carbocycles. The maximum Gasteiger partial charge on any atom is 0.335 e. The SMILES string of the molecule is CCCCCCCCCCCC=CCc1cc(C(=O)O)ccc1O.O=C(O)CCC(=O)O. The lowest BCUT2D eigenvalue weighted by molar-refractivity contribution is -0.143. The number of hydrogen-bond acceptors (Lipinski definition) is 4. The van der Waals surface area contributed by atoms with Crippen molar-refractivity contribution in [2.75, 3.05) is 0 Å². The molecule has 0 unspecified atom stereocenters. The van der Waals surface area contributed by atoms with Crippen LogP contribution < -0.4 is 0 Å². The number of hydrogen-bond donors (Lipinski definition) is 4. The van der Waals surface area contributed by atoms with Gasteiger partial charge in [0.15, 0.2) is 0 Å². The highest BCUT2D eigenvalue weighted by Gasteiger charge is 2.06. The fraction of sp³-hybridized carbons (Fsp3) is 0.560. The summed E-state index contributed by atoms with van der Waals surface area (Å²) in [5.74, 6) is -2.96. The number of carbonyl (C=O) groups is 3. The second-order valence-corrected chi connectivity index (χ2v) is 7.73. The first-order valence-electron chi connectivity index (χ1n) is 11.4. The summed E-state index contributed by atoms with van der Waals surface area (Å²) in [5, 5.41) is 34.5. The second kappa shape index (κ2) is 18.9. The van der Waals surface area contributed by atoms with Crippen molar-refractivity contribution < 1.29 is 34.8 Å². The van der Waals surface area contributed by atoms with Gasteiger partial charge in [-0.15, -0.1) is 0 Å². The number of allylic oxidation sites excluding steroid dienone is 2. The number of benzene rings is 1. The summed E-state index contributed by atoms with van der Waals surface area (Å²) in [5.41, 5.74) is 0.883. The number of aromatic carboxylic acids is 1. The van der Waals surface area contributed by atoms with Crippen LogP contribution in [0.5, 0.6) is 5.75 Å². The Hall–Kier alpha value is -2.83. The van der Waals surface area contributed by atoms with Crippen molar-refractivity contribution in [2.24, 2.45) is 0 Å². The monoisotopic (exact) mass is 450 g/mol. The summed E-state index contributed by atoms with van der Waals surface area (Å²) in [7, 11) is 0. The van der Waals surface area contributed by atoms with Gasteiger partial charge >= 0.3 is 17.9 Å². The van der Waals surface area contributed by atoms with Crippen LogP contribution in [-0.4, -0.2) is 38.3 Å². The third-order valence-electron chi connectivity index (χ3n) is 4.86. The van der Waals surface area contributed by atoms with Crippen LogP contribution in [0.1, 0.15) is 99.9 Å². The molecular formula is C25H38O7. The second-order valence-electron chi connectivity index (χ2n) is 7.73. The van der Waals surface area contributed by atoms with Gasteiger partial charge in [-0.25, -0.2) is 4.79 Å².